The number of rotatable bonds is 3. The van der Waals surface area contributed by atoms with E-state index in [0.717, 1.165) is 11.1 Å². The zero-order valence-corrected chi connectivity index (χ0v) is 14.1. The summed E-state index contributed by atoms with van der Waals surface area (Å²) < 4.78 is 32.5. The van der Waals surface area contributed by atoms with Crippen LogP contribution in [0.1, 0.15) is 12.5 Å². The molecule has 3 rings (SSSR count). The highest BCUT2D eigenvalue weighted by atomic mass is 35.5. The van der Waals surface area contributed by atoms with Crippen LogP contribution in [0.2, 0.25) is 5.02 Å². The van der Waals surface area contributed by atoms with Gasteiger partial charge in [0.25, 0.3) is 5.91 Å². The average Bonchev–Trinajstić information content (AvgIpc) is 2.80. The van der Waals surface area contributed by atoms with Gasteiger partial charge in [0.1, 0.15) is 11.6 Å². The molecule has 1 unspecified atom stereocenters. The van der Waals surface area contributed by atoms with Crippen molar-refractivity contribution in [3.8, 4) is 0 Å². The van der Waals surface area contributed by atoms with Crippen molar-refractivity contribution in [2.45, 2.75) is 12.5 Å². The highest BCUT2D eigenvalue weighted by Crippen LogP contribution is 2.35. The minimum Gasteiger partial charge on any atom is -0.467 e. The molecule has 5 nitrogen and oxygen atoms in total. The van der Waals surface area contributed by atoms with Crippen LogP contribution in [0.5, 0.6) is 0 Å². The number of anilines is 1. The summed E-state index contributed by atoms with van der Waals surface area (Å²) in [7, 11) is 1.34. The number of hydrogen-bond acceptors (Lipinski definition) is 4. The Morgan fingerprint density at radius 3 is 2.64 bits per heavy atom. The second-order valence-corrected chi connectivity index (χ2v) is 5.99. The molecular weight excluding hydrogens is 352 g/mol. The number of hydrazine groups is 1. The normalized spacial score (nSPS) is 19.8. The lowest BCUT2D eigenvalue weighted by Crippen LogP contribution is -2.43. The number of benzene rings is 2. The highest BCUT2D eigenvalue weighted by Gasteiger charge is 2.49. The molecule has 1 atom stereocenters. The zero-order chi connectivity index (χ0) is 18.2. The predicted octanol–water partition coefficient (Wildman–Crippen LogP) is 3.71. The van der Waals surface area contributed by atoms with Gasteiger partial charge in [-0.1, -0.05) is 23.7 Å². The van der Waals surface area contributed by atoms with Gasteiger partial charge in [0.15, 0.2) is 5.54 Å². The second-order valence-electron chi connectivity index (χ2n) is 5.56. The van der Waals surface area contributed by atoms with E-state index in [9.17, 15) is 13.6 Å². The zero-order valence-electron chi connectivity index (χ0n) is 13.4. The van der Waals surface area contributed by atoms with Gasteiger partial charge in [-0.15, -0.1) is 0 Å². The van der Waals surface area contributed by atoms with Crippen LogP contribution in [0, 0.1) is 11.6 Å². The van der Waals surface area contributed by atoms with E-state index in [0.29, 0.717) is 16.8 Å². The van der Waals surface area contributed by atoms with Crippen LogP contribution < -0.4 is 5.43 Å². The van der Waals surface area contributed by atoms with E-state index in [2.05, 4.69) is 10.4 Å². The van der Waals surface area contributed by atoms with Crippen molar-refractivity contribution in [1.82, 2.24) is 5.01 Å². The topological polar surface area (TPSA) is 53.9 Å². The summed E-state index contributed by atoms with van der Waals surface area (Å²) in [6.07, 6.45) is 0. The van der Waals surface area contributed by atoms with Gasteiger partial charge in [-0.05, 0) is 31.2 Å². The lowest BCUT2D eigenvalue weighted by atomic mass is 9.92. The number of nitrogens with one attached hydrogen (secondary N) is 1. The molecule has 0 radical (unpaired) electrons. The van der Waals surface area contributed by atoms with Crippen LogP contribution in [0.3, 0.4) is 0 Å². The molecule has 0 fully saturated rings. The number of amides is 1. The summed E-state index contributed by atoms with van der Waals surface area (Å²) in [5, 5.41) is 1.54. The molecule has 0 saturated heterocycles. The first-order valence-corrected chi connectivity index (χ1v) is 7.69. The summed E-state index contributed by atoms with van der Waals surface area (Å²) in [5.41, 5.74) is 1.72. The van der Waals surface area contributed by atoms with E-state index < -0.39 is 23.1 Å². The van der Waals surface area contributed by atoms with Gasteiger partial charge in [0.05, 0.1) is 12.8 Å². The minimum atomic E-state index is -1.59. The van der Waals surface area contributed by atoms with Gasteiger partial charge in [-0.25, -0.2) is 13.8 Å². The van der Waals surface area contributed by atoms with Crippen LogP contribution >= 0.6 is 11.6 Å². The summed E-state index contributed by atoms with van der Waals surface area (Å²) in [6.45, 7) is 1.43. The number of nitrogens with zero attached hydrogens (tertiary/aromatic N) is 2. The molecule has 0 spiro atoms. The Balaban J connectivity index is 1.98. The van der Waals surface area contributed by atoms with E-state index in [1.54, 1.807) is 24.3 Å². The molecule has 1 heterocycles. The SMILES string of the molecule is COC1=NC(C)(c2ccc(F)cc2F)C(=O)N1Nc1cccc(Cl)c1. The quantitative estimate of drug-likeness (QED) is 0.902. The summed E-state index contributed by atoms with van der Waals surface area (Å²) in [5.74, 6) is -2.17. The molecule has 8 heteroatoms. The van der Waals surface area contributed by atoms with Crippen LogP contribution in [0.4, 0.5) is 14.5 Å². The number of methoxy groups -OCH3 is 1. The fourth-order valence-corrected chi connectivity index (χ4v) is 2.77. The molecule has 25 heavy (non-hydrogen) atoms. The Morgan fingerprint density at radius 2 is 2.00 bits per heavy atom. The Labute approximate surface area is 147 Å². The second kappa shape index (κ2) is 6.33. The van der Waals surface area contributed by atoms with Crippen molar-refractivity contribution in [3.05, 3.63) is 64.7 Å². The molecule has 1 amide bonds. The number of halogens is 3. The smallest absolute Gasteiger partial charge is 0.315 e. The van der Waals surface area contributed by atoms with E-state index in [1.165, 1.54) is 20.1 Å². The maximum Gasteiger partial charge on any atom is 0.315 e. The Morgan fingerprint density at radius 1 is 1.24 bits per heavy atom. The van der Waals surface area contributed by atoms with Gasteiger partial charge >= 0.3 is 6.02 Å². The lowest BCUT2D eigenvalue weighted by Gasteiger charge is -2.23. The van der Waals surface area contributed by atoms with E-state index in [4.69, 9.17) is 16.3 Å². The van der Waals surface area contributed by atoms with Crippen molar-refractivity contribution in [1.29, 1.82) is 0 Å². The molecule has 0 aromatic heterocycles. The molecule has 2 aromatic carbocycles. The Bertz CT molecular complexity index is 875. The van der Waals surface area contributed by atoms with Gasteiger partial charge in [0.2, 0.25) is 0 Å². The Hall–Kier alpha value is -2.67. The van der Waals surface area contributed by atoms with Crippen molar-refractivity contribution in [2.24, 2.45) is 4.99 Å². The van der Waals surface area contributed by atoms with Gasteiger partial charge in [-0.2, -0.15) is 5.01 Å². The monoisotopic (exact) mass is 365 g/mol. The summed E-state index contributed by atoms with van der Waals surface area (Å²) >= 11 is 5.93. The Kier molecular flexibility index (Phi) is 4.34. The highest BCUT2D eigenvalue weighted by molar-refractivity contribution is 6.30. The number of ether oxygens (including phenoxy) is 1. The van der Waals surface area contributed by atoms with E-state index in [-0.39, 0.29) is 11.6 Å². The minimum absolute atomic E-state index is 0.0452. The first kappa shape index (κ1) is 17.2. The van der Waals surface area contributed by atoms with Crippen LogP contribution in [0.25, 0.3) is 0 Å². The molecule has 0 aliphatic carbocycles. The molecule has 1 N–H and O–H groups in total. The fourth-order valence-electron chi connectivity index (χ4n) is 2.58. The van der Waals surface area contributed by atoms with E-state index in [1.807, 2.05) is 0 Å². The molecule has 0 saturated carbocycles. The molecule has 1 aliphatic rings. The van der Waals surface area contributed by atoms with Crippen molar-refractivity contribution >= 4 is 29.2 Å². The van der Waals surface area contributed by atoms with Crippen LogP contribution in [-0.4, -0.2) is 24.0 Å². The number of aliphatic imine (C=N–C) groups is 1. The first-order valence-electron chi connectivity index (χ1n) is 7.31. The third-order valence-corrected chi connectivity index (χ3v) is 4.07. The third-order valence-electron chi connectivity index (χ3n) is 3.83. The number of hydrogen-bond donors (Lipinski definition) is 1. The van der Waals surface area contributed by atoms with Gasteiger partial charge < -0.3 is 4.74 Å². The van der Waals surface area contributed by atoms with Crippen LogP contribution in [0.15, 0.2) is 47.5 Å². The molecule has 0 bridgehead atoms. The molecule has 2 aromatic rings. The first-order chi connectivity index (χ1) is 11.8. The molecule has 1 aliphatic heterocycles. The summed E-state index contributed by atoms with van der Waals surface area (Å²) in [4.78, 5) is 17.1. The maximum atomic E-state index is 14.2. The van der Waals surface area contributed by atoms with Gasteiger partial charge in [-0.3, -0.25) is 10.2 Å². The fraction of sp³-hybridized carbons (Fsp3) is 0.176. The lowest BCUT2D eigenvalue weighted by molar-refractivity contribution is -0.130. The third kappa shape index (κ3) is 3.02. The number of amidine groups is 1. The van der Waals surface area contributed by atoms with E-state index >= 15 is 0 Å². The predicted molar refractivity (Wildman–Crippen MR) is 90.1 cm³/mol. The van der Waals surface area contributed by atoms with Crippen molar-refractivity contribution < 1.29 is 18.3 Å². The molecule has 130 valence electrons. The van der Waals surface area contributed by atoms with Gasteiger partial charge in [0, 0.05) is 16.7 Å². The van der Waals surface area contributed by atoms with Crippen molar-refractivity contribution in [3.63, 3.8) is 0 Å². The van der Waals surface area contributed by atoms with Crippen molar-refractivity contribution in [2.75, 3.05) is 12.5 Å². The summed E-state index contributed by atoms with van der Waals surface area (Å²) in [6, 6.07) is 9.62. The van der Waals surface area contributed by atoms with Crippen LogP contribution in [-0.2, 0) is 15.1 Å². The standard InChI is InChI=1S/C17H14ClF2N3O2/c1-17(13-7-6-11(19)9-14(13)20)15(24)23(16(21-17)25-2)22-12-5-3-4-10(18)8-12/h3-9,22H,1-2H3. The largest absolute Gasteiger partial charge is 0.467 e. The maximum absolute atomic E-state index is 14.2. The molecular formula is C17H14ClF2N3O2. The number of carbonyl (C=O) groups excluding carboxylic acids is 1. The number of carbonyl (C=O) groups is 1. The average molecular weight is 366 g/mol.